The summed E-state index contributed by atoms with van der Waals surface area (Å²) in [5, 5.41) is 13.0. The average molecular weight is 706 g/mol. The Hall–Kier alpha value is -3.92. The first kappa shape index (κ1) is 36.9. The van der Waals surface area contributed by atoms with E-state index in [1.165, 1.54) is 11.8 Å². The number of hydrogen-bond donors (Lipinski definition) is 2. The lowest BCUT2D eigenvalue weighted by molar-refractivity contribution is -0.139. The number of pyridine rings is 1. The molecule has 3 aromatic rings. The number of aliphatic carboxylic acids is 1. The highest BCUT2D eigenvalue weighted by atomic mass is 19.4. The molecule has 51 heavy (non-hydrogen) atoms. The van der Waals surface area contributed by atoms with Crippen LogP contribution in [0.2, 0.25) is 0 Å². The van der Waals surface area contributed by atoms with Gasteiger partial charge in [0.1, 0.15) is 6.04 Å². The molecular formula is C41H50F3N3O4. The van der Waals surface area contributed by atoms with Crippen LogP contribution in [0.1, 0.15) is 121 Å². The molecule has 1 amide bonds. The number of carboxylic acids is 1. The first-order chi connectivity index (χ1) is 24.1. The number of nitrogens with one attached hydrogen (secondary N) is 1. The van der Waals surface area contributed by atoms with E-state index in [9.17, 15) is 32.7 Å². The number of benzene rings is 2. The lowest BCUT2D eigenvalue weighted by atomic mass is 9.86. The highest BCUT2D eigenvalue weighted by Gasteiger charge is 2.40. The van der Waals surface area contributed by atoms with Crippen LogP contribution in [-0.4, -0.2) is 45.6 Å². The van der Waals surface area contributed by atoms with Crippen molar-refractivity contribution in [1.29, 1.82) is 0 Å². The maximum Gasteiger partial charge on any atom is 0.416 e. The summed E-state index contributed by atoms with van der Waals surface area (Å²) in [7, 11) is 0. The number of nitrogens with zero attached hydrogens (tertiary/aromatic N) is 2. The van der Waals surface area contributed by atoms with Crippen LogP contribution in [0.4, 0.5) is 13.2 Å². The zero-order valence-corrected chi connectivity index (χ0v) is 30.3. The Kier molecular flexibility index (Phi) is 10.6. The standard InChI is InChI=1S/C41H50F3N3O4/c1-23(2)15-36(47-22-33(34(20-37(47)48)41(42,43)44)27-11-13-46(14-12-27)30-9-10-30)40(51)45-35(21-38(49)50)29-18-28-7-6-8-31(28)32(19-29)39-25(4)16-24(3)17-26(39)5/h16-20,22-23,27,30,35-36H,6-15,21H2,1-5H3,(H,45,51)(H,49,50)/t35-,36-/m1/s1. The average Bonchev–Trinajstić information content (AvgIpc) is 3.78. The van der Waals surface area contributed by atoms with E-state index in [0.29, 0.717) is 43.6 Å². The molecule has 2 aromatic carbocycles. The second-order valence-electron chi connectivity index (χ2n) is 15.6. The molecule has 1 saturated carbocycles. The number of aryl methyl sites for hydroxylation is 4. The third-order valence-corrected chi connectivity index (χ3v) is 11.1. The number of carbonyl (C=O) groups excluding carboxylic acids is 1. The number of carbonyl (C=O) groups is 2. The third kappa shape index (κ3) is 8.11. The Labute approximate surface area is 298 Å². The van der Waals surface area contributed by atoms with Crippen molar-refractivity contribution < 1.29 is 27.9 Å². The molecular weight excluding hydrogens is 655 g/mol. The minimum Gasteiger partial charge on any atom is -0.481 e. The molecule has 0 bridgehead atoms. The molecule has 2 atom stereocenters. The lowest BCUT2D eigenvalue weighted by Crippen LogP contribution is -2.41. The Balaban J connectivity index is 1.38. The van der Waals surface area contributed by atoms with Gasteiger partial charge in [-0.1, -0.05) is 37.6 Å². The highest BCUT2D eigenvalue weighted by Crippen LogP contribution is 2.42. The minimum absolute atomic E-state index is 0.0493. The third-order valence-electron chi connectivity index (χ3n) is 11.1. The Bertz CT molecular complexity index is 1850. The monoisotopic (exact) mass is 705 g/mol. The summed E-state index contributed by atoms with van der Waals surface area (Å²) < 4.78 is 44.4. The SMILES string of the molecule is Cc1cc(C)c(-c2cc([C@@H](CC(=O)O)NC(=O)[C@@H](CC(C)C)n3cc(C4CCN(C5CC5)CC4)c(C(F)(F)F)cc3=O)cc3c2CCC3)c(C)c1. The molecule has 0 radical (unpaired) electrons. The molecule has 2 heterocycles. The molecule has 0 spiro atoms. The topological polar surface area (TPSA) is 91.6 Å². The van der Waals surface area contributed by atoms with Crippen LogP contribution in [0.5, 0.6) is 0 Å². The van der Waals surface area contributed by atoms with Crippen molar-refractivity contribution in [2.45, 2.75) is 123 Å². The molecule has 1 aromatic heterocycles. The fraction of sp³-hybridized carbons (Fsp3) is 0.537. The predicted molar refractivity (Wildman–Crippen MR) is 192 cm³/mol. The molecule has 1 saturated heterocycles. The molecule has 1 aliphatic heterocycles. The van der Waals surface area contributed by atoms with Crippen LogP contribution < -0.4 is 10.9 Å². The fourth-order valence-corrected chi connectivity index (χ4v) is 8.64. The van der Waals surface area contributed by atoms with E-state index in [-0.39, 0.29) is 17.9 Å². The number of amides is 1. The molecule has 3 aliphatic rings. The van der Waals surface area contributed by atoms with Gasteiger partial charge in [-0.15, -0.1) is 0 Å². The largest absolute Gasteiger partial charge is 0.481 e. The van der Waals surface area contributed by atoms with Gasteiger partial charge in [-0.25, -0.2) is 0 Å². The zero-order valence-electron chi connectivity index (χ0n) is 30.3. The van der Waals surface area contributed by atoms with E-state index >= 15 is 0 Å². The van der Waals surface area contributed by atoms with Crippen molar-refractivity contribution in [2.75, 3.05) is 13.1 Å². The van der Waals surface area contributed by atoms with E-state index in [1.54, 1.807) is 0 Å². The molecule has 2 aliphatic carbocycles. The summed E-state index contributed by atoms with van der Waals surface area (Å²) in [6.45, 7) is 11.4. The van der Waals surface area contributed by atoms with Gasteiger partial charge in [-0.2, -0.15) is 13.2 Å². The van der Waals surface area contributed by atoms with Gasteiger partial charge in [0.05, 0.1) is 18.0 Å². The summed E-state index contributed by atoms with van der Waals surface area (Å²) in [6, 6.07) is 7.38. The van der Waals surface area contributed by atoms with Crippen molar-refractivity contribution in [3.63, 3.8) is 0 Å². The number of hydrogen-bond acceptors (Lipinski definition) is 4. The first-order valence-corrected chi connectivity index (χ1v) is 18.4. The van der Waals surface area contributed by atoms with Crippen LogP contribution in [0.25, 0.3) is 11.1 Å². The quantitative estimate of drug-likeness (QED) is 0.210. The van der Waals surface area contributed by atoms with Crippen molar-refractivity contribution in [1.82, 2.24) is 14.8 Å². The number of alkyl halides is 3. The molecule has 0 unspecified atom stereocenters. The van der Waals surface area contributed by atoms with Gasteiger partial charge in [0.25, 0.3) is 5.56 Å². The van der Waals surface area contributed by atoms with Gasteiger partial charge in [-0.3, -0.25) is 14.4 Å². The minimum atomic E-state index is -4.72. The summed E-state index contributed by atoms with van der Waals surface area (Å²) in [5.74, 6) is -2.17. The summed E-state index contributed by atoms with van der Waals surface area (Å²) in [4.78, 5) is 42.5. The second kappa shape index (κ2) is 14.6. The van der Waals surface area contributed by atoms with E-state index in [2.05, 4.69) is 43.1 Å². The number of aromatic nitrogens is 1. The number of fused-ring (bicyclic) bond motifs is 1. The Morgan fingerprint density at radius 3 is 2.22 bits per heavy atom. The number of likely N-dealkylation sites (tertiary alicyclic amines) is 1. The zero-order chi connectivity index (χ0) is 36.8. The van der Waals surface area contributed by atoms with Gasteiger partial charge in [0.2, 0.25) is 5.91 Å². The molecule has 7 nitrogen and oxygen atoms in total. The number of rotatable bonds is 11. The van der Waals surface area contributed by atoms with E-state index < -0.39 is 53.6 Å². The van der Waals surface area contributed by atoms with Gasteiger partial charge in [-0.05, 0) is 148 Å². The number of carboxylic acid groups (broad SMARTS) is 1. The summed E-state index contributed by atoms with van der Waals surface area (Å²) in [5.41, 5.74) is 6.76. The van der Waals surface area contributed by atoms with Crippen LogP contribution in [0.3, 0.4) is 0 Å². The van der Waals surface area contributed by atoms with Gasteiger partial charge in [0.15, 0.2) is 0 Å². The Morgan fingerprint density at radius 1 is 0.961 bits per heavy atom. The second-order valence-corrected chi connectivity index (χ2v) is 15.6. The lowest BCUT2D eigenvalue weighted by Gasteiger charge is -2.34. The first-order valence-electron chi connectivity index (χ1n) is 18.4. The molecule has 274 valence electrons. The maximum atomic E-state index is 14.4. The molecule has 2 fully saturated rings. The maximum absolute atomic E-state index is 14.4. The number of piperidine rings is 1. The predicted octanol–water partition coefficient (Wildman–Crippen LogP) is 8.21. The summed E-state index contributed by atoms with van der Waals surface area (Å²) >= 11 is 0. The number of halogens is 3. The normalized spacial score (nSPS) is 18.1. The van der Waals surface area contributed by atoms with Crippen molar-refractivity contribution in [2.24, 2.45) is 5.92 Å². The fourth-order valence-electron chi connectivity index (χ4n) is 8.64. The molecule has 2 N–H and O–H groups in total. The highest BCUT2D eigenvalue weighted by molar-refractivity contribution is 5.82. The molecule has 10 heteroatoms. The van der Waals surface area contributed by atoms with Crippen LogP contribution in [0, 0.1) is 26.7 Å². The van der Waals surface area contributed by atoms with Crippen LogP contribution >= 0.6 is 0 Å². The van der Waals surface area contributed by atoms with E-state index in [1.807, 2.05) is 26.0 Å². The smallest absolute Gasteiger partial charge is 0.416 e. The Morgan fingerprint density at radius 2 is 1.63 bits per heavy atom. The van der Waals surface area contributed by atoms with Crippen LogP contribution in [0.15, 0.2) is 41.3 Å². The summed E-state index contributed by atoms with van der Waals surface area (Å²) in [6.07, 6.45) is 2.40. The van der Waals surface area contributed by atoms with Gasteiger partial charge >= 0.3 is 12.1 Å². The van der Waals surface area contributed by atoms with Crippen molar-refractivity contribution in [3.8, 4) is 11.1 Å². The van der Waals surface area contributed by atoms with Crippen LogP contribution in [-0.2, 0) is 28.6 Å². The van der Waals surface area contributed by atoms with Gasteiger partial charge < -0.3 is 19.9 Å². The van der Waals surface area contributed by atoms with Crippen molar-refractivity contribution >= 4 is 11.9 Å². The van der Waals surface area contributed by atoms with E-state index in [0.717, 1.165) is 70.1 Å². The van der Waals surface area contributed by atoms with Gasteiger partial charge in [0, 0.05) is 18.3 Å². The van der Waals surface area contributed by atoms with E-state index in [4.69, 9.17) is 0 Å². The molecule has 6 rings (SSSR count). The van der Waals surface area contributed by atoms with Crippen molar-refractivity contribution in [3.05, 3.63) is 91.4 Å².